The summed E-state index contributed by atoms with van der Waals surface area (Å²) < 4.78 is 11.4. The van der Waals surface area contributed by atoms with Crippen molar-refractivity contribution in [3.05, 3.63) is 10.9 Å². The third kappa shape index (κ3) is 3.44. The van der Waals surface area contributed by atoms with Crippen molar-refractivity contribution in [1.82, 2.24) is 9.97 Å². The lowest BCUT2D eigenvalue weighted by Gasteiger charge is -2.11. The van der Waals surface area contributed by atoms with E-state index in [9.17, 15) is 0 Å². The predicted molar refractivity (Wildman–Crippen MR) is 85.4 cm³/mol. The van der Waals surface area contributed by atoms with Gasteiger partial charge in [0.05, 0.1) is 18.6 Å². The first-order valence-corrected chi connectivity index (χ1v) is 8.30. The maximum absolute atomic E-state index is 5.97. The Morgan fingerprint density at radius 2 is 2.38 bits per heavy atom. The van der Waals surface area contributed by atoms with Gasteiger partial charge in [-0.15, -0.1) is 11.3 Å². The summed E-state index contributed by atoms with van der Waals surface area (Å²) >= 11 is 1.68. The lowest BCUT2D eigenvalue weighted by atomic mass is 10.1. The summed E-state index contributed by atoms with van der Waals surface area (Å²) in [6.07, 6.45) is 2.11. The van der Waals surface area contributed by atoms with Crippen LogP contribution in [-0.2, 0) is 4.74 Å². The van der Waals surface area contributed by atoms with Crippen molar-refractivity contribution in [3.8, 4) is 5.88 Å². The number of hydrogen-bond acceptors (Lipinski definition) is 6. The maximum Gasteiger partial charge on any atom is 0.227 e. The molecule has 0 saturated carbocycles. The van der Waals surface area contributed by atoms with Crippen LogP contribution in [-0.4, -0.2) is 36.3 Å². The Morgan fingerprint density at radius 3 is 3.14 bits per heavy atom. The van der Waals surface area contributed by atoms with Gasteiger partial charge in [0.15, 0.2) is 0 Å². The third-order valence-corrected chi connectivity index (χ3v) is 4.44. The number of anilines is 1. The monoisotopic (exact) mass is 307 g/mol. The number of aryl methyl sites for hydroxylation is 1. The zero-order chi connectivity index (χ0) is 14.7. The molecule has 1 unspecified atom stereocenters. The smallest absolute Gasteiger partial charge is 0.227 e. The number of thiophene rings is 1. The zero-order valence-corrected chi connectivity index (χ0v) is 13.3. The third-order valence-electron chi connectivity index (χ3n) is 3.49. The number of rotatable bonds is 6. The molecule has 2 aromatic heterocycles. The molecule has 1 N–H and O–H groups in total. The van der Waals surface area contributed by atoms with E-state index in [1.807, 2.05) is 0 Å². The summed E-state index contributed by atoms with van der Waals surface area (Å²) in [4.78, 5) is 11.3. The fourth-order valence-corrected chi connectivity index (χ4v) is 3.22. The summed E-state index contributed by atoms with van der Waals surface area (Å²) in [5.74, 6) is 1.82. The van der Waals surface area contributed by atoms with E-state index < -0.39 is 0 Å². The molecule has 21 heavy (non-hydrogen) atoms. The zero-order valence-electron chi connectivity index (χ0n) is 12.5. The predicted octanol–water partition coefficient (Wildman–Crippen LogP) is 3.24. The fourth-order valence-electron chi connectivity index (χ4n) is 2.35. The molecule has 1 atom stereocenters. The van der Waals surface area contributed by atoms with E-state index in [1.165, 1.54) is 4.88 Å². The Hall–Kier alpha value is -1.40. The lowest BCUT2D eigenvalue weighted by molar-refractivity contribution is 0.166. The lowest BCUT2D eigenvalue weighted by Crippen LogP contribution is -2.13. The minimum atomic E-state index is 0.474. The molecule has 3 rings (SSSR count). The van der Waals surface area contributed by atoms with Crippen molar-refractivity contribution in [2.45, 2.75) is 26.7 Å². The highest BCUT2D eigenvalue weighted by atomic mass is 32.1. The Labute approximate surface area is 128 Å². The Kier molecular flexibility index (Phi) is 4.55. The first kappa shape index (κ1) is 14.5. The summed E-state index contributed by atoms with van der Waals surface area (Å²) in [6.45, 7) is 7.37. The molecule has 1 saturated heterocycles. The molecule has 0 amide bonds. The van der Waals surface area contributed by atoms with E-state index in [2.05, 4.69) is 35.2 Å². The molecular weight excluding hydrogens is 286 g/mol. The highest BCUT2D eigenvalue weighted by Gasteiger charge is 2.18. The quantitative estimate of drug-likeness (QED) is 0.888. The molecule has 1 aliphatic rings. The van der Waals surface area contributed by atoms with E-state index in [1.54, 1.807) is 11.3 Å². The fraction of sp³-hybridized carbons (Fsp3) is 0.600. The summed E-state index contributed by atoms with van der Waals surface area (Å²) in [5.41, 5.74) is 0. The number of ether oxygens (including phenoxy) is 2. The van der Waals surface area contributed by atoms with E-state index in [0.717, 1.165) is 42.8 Å². The average Bonchev–Trinajstić information content (AvgIpc) is 3.10. The van der Waals surface area contributed by atoms with Gasteiger partial charge in [-0.2, -0.15) is 4.98 Å². The standard InChI is InChI=1S/C15H21N3O2S/c1-3-5-16-15-17-13(20-9-11-4-6-19-8-11)12-7-10(2)21-14(12)18-15/h7,11H,3-6,8-9H2,1-2H3,(H,16,17,18). The van der Waals surface area contributed by atoms with Gasteiger partial charge in [0.1, 0.15) is 4.83 Å². The molecule has 0 bridgehead atoms. The highest BCUT2D eigenvalue weighted by Crippen LogP contribution is 2.31. The molecule has 3 heterocycles. The van der Waals surface area contributed by atoms with Crippen molar-refractivity contribution in [2.24, 2.45) is 5.92 Å². The van der Waals surface area contributed by atoms with Crippen LogP contribution in [0, 0.1) is 12.8 Å². The van der Waals surface area contributed by atoms with Gasteiger partial charge >= 0.3 is 0 Å². The van der Waals surface area contributed by atoms with Crippen LogP contribution in [0.15, 0.2) is 6.07 Å². The number of nitrogens with zero attached hydrogens (tertiary/aromatic N) is 2. The molecule has 6 heteroatoms. The summed E-state index contributed by atoms with van der Waals surface area (Å²) in [6, 6.07) is 2.10. The number of hydrogen-bond donors (Lipinski definition) is 1. The van der Waals surface area contributed by atoms with Gasteiger partial charge < -0.3 is 14.8 Å². The molecule has 1 aliphatic heterocycles. The molecule has 1 fully saturated rings. The summed E-state index contributed by atoms with van der Waals surface area (Å²) in [5, 5.41) is 4.26. The van der Waals surface area contributed by atoms with Gasteiger partial charge in [-0.3, -0.25) is 0 Å². The van der Waals surface area contributed by atoms with Gasteiger partial charge in [0, 0.05) is 23.9 Å². The molecule has 114 valence electrons. The largest absolute Gasteiger partial charge is 0.477 e. The average molecular weight is 307 g/mol. The second-order valence-electron chi connectivity index (χ2n) is 5.40. The molecule has 2 aromatic rings. The Bertz CT molecular complexity index is 608. The van der Waals surface area contributed by atoms with E-state index in [0.29, 0.717) is 24.4 Å². The normalized spacial score (nSPS) is 18.3. The minimum Gasteiger partial charge on any atom is -0.477 e. The van der Waals surface area contributed by atoms with Crippen molar-refractivity contribution in [3.63, 3.8) is 0 Å². The second-order valence-corrected chi connectivity index (χ2v) is 6.63. The van der Waals surface area contributed by atoms with Crippen LogP contribution in [0.5, 0.6) is 5.88 Å². The topological polar surface area (TPSA) is 56.3 Å². The van der Waals surface area contributed by atoms with Crippen LogP contribution in [0.3, 0.4) is 0 Å². The van der Waals surface area contributed by atoms with Crippen LogP contribution >= 0.6 is 11.3 Å². The molecule has 5 nitrogen and oxygen atoms in total. The van der Waals surface area contributed by atoms with Crippen LogP contribution < -0.4 is 10.1 Å². The van der Waals surface area contributed by atoms with E-state index in [4.69, 9.17) is 9.47 Å². The van der Waals surface area contributed by atoms with Gasteiger partial charge in [-0.25, -0.2) is 4.98 Å². The van der Waals surface area contributed by atoms with Gasteiger partial charge in [0.25, 0.3) is 0 Å². The van der Waals surface area contributed by atoms with Gasteiger partial charge in [-0.1, -0.05) is 6.92 Å². The molecule has 0 aliphatic carbocycles. The van der Waals surface area contributed by atoms with Crippen LogP contribution in [0.4, 0.5) is 5.95 Å². The molecule has 0 radical (unpaired) electrons. The molecule has 0 spiro atoms. The van der Waals surface area contributed by atoms with Gasteiger partial charge in [-0.05, 0) is 25.8 Å². The van der Waals surface area contributed by atoms with Crippen molar-refractivity contribution < 1.29 is 9.47 Å². The molecular formula is C15H21N3O2S. The second kappa shape index (κ2) is 6.58. The summed E-state index contributed by atoms with van der Waals surface area (Å²) in [7, 11) is 0. The molecule has 0 aromatic carbocycles. The number of nitrogens with one attached hydrogen (secondary N) is 1. The Morgan fingerprint density at radius 1 is 1.48 bits per heavy atom. The highest BCUT2D eigenvalue weighted by molar-refractivity contribution is 7.18. The number of fused-ring (bicyclic) bond motifs is 1. The maximum atomic E-state index is 5.97. The first-order valence-electron chi connectivity index (χ1n) is 7.49. The van der Waals surface area contributed by atoms with Gasteiger partial charge in [0.2, 0.25) is 11.8 Å². The van der Waals surface area contributed by atoms with Crippen molar-refractivity contribution in [1.29, 1.82) is 0 Å². The van der Waals surface area contributed by atoms with Crippen LogP contribution in [0.2, 0.25) is 0 Å². The Balaban J connectivity index is 1.82. The first-order chi connectivity index (χ1) is 10.3. The van der Waals surface area contributed by atoms with Crippen molar-refractivity contribution in [2.75, 3.05) is 31.7 Å². The van der Waals surface area contributed by atoms with E-state index in [-0.39, 0.29) is 0 Å². The SMILES string of the molecule is CCCNc1nc(OCC2CCOC2)c2cc(C)sc2n1. The van der Waals surface area contributed by atoms with Crippen LogP contribution in [0.1, 0.15) is 24.6 Å². The van der Waals surface area contributed by atoms with Crippen LogP contribution in [0.25, 0.3) is 10.2 Å². The minimum absolute atomic E-state index is 0.474. The van der Waals surface area contributed by atoms with E-state index >= 15 is 0 Å². The number of aromatic nitrogens is 2. The van der Waals surface area contributed by atoms with Crippen molar-refractivity contribution >= 4 is 27.5 Å².